The van der Waals surface area contributed by atoms with Gasteiger partial charge in [0, 0.05) is 18.7 Å². The Morgan fingerprint density at radius 3 is 2.60 bits per heavy atom. The molecule has 2 fully saturated rings. The van der Waals surface area contributed by atoms with E-state index in [0.29, 0.717) is 0 Å². The zero-order chi connectivity index (χ0) is 10.3. The number of ether oxygens (including phenoxy) is 2. The summed E-state index contributed by atoms with van der Waals surface area (Å²) < 4.78 is 11.7. The van der Waals surface area contributed by atoms with Crippen molar-refractivity contribution in [1.29, 1.82) is 0 Å². The third-order valence-corrected chi connectivity index (χ3v) is 3.02. The van der Waals surface area contributed by atoms with Gasteiger partial charge in [-0.2, -0.15) is 0 Å². The average molecular weight is 205 g/mol. The minimum atomic E-state index is -0.165. The van der Waals surface area contributed by atoms with Crippen molar-refractivity contribution in [2.24, 2.45) is 0 Å². The first-order valence-corrected chi connectivity index (χ1v) is 5.41. The van der Waals surface area contributed by atoms with Crippen LogP contribution in [0, 0.1) is 6.92 Å². The quantitative estimate of drug-likeness (QED) is 0.751. The van der Waals surface area contributed by atoms with E-state index < -0.39 is 0 Å². The van der Waals surface area contributed by atoms with E-state index in [2.05, 4.69) is 30.4 Å². The molecule has 1 aromatic carbocycles. The Morgan fingerprint density at radius 1 is 1.20 bits per heavy atom. The third kappa shape index (κ3) is 1.67. The predicted octanol–water partition coefficient (Wildman–Crippen LogP) is 1.38. The standard InChI is InChI=1S/C12H15NO2/c1-8-3-2-4-9(5-8)12-14-10-6-13-7-11(10)15-12/h2-5,10-13H,6-7H2,1H3. The summed E-state index contributed by atoms with van der Waals surface area (Å²) in [4.78, 5) is 0. The molecule has 2 heterocycles. The number of nitrogens with one attached hydrogen (secondary N) is 1. The van der Waals surface area contributed by atoms with Gasteiger partial charge in [-0.3, -0.25) is 0 Å². The maximum absolute atomic E-state index is 5.84. The maximum Gasteiger partial charge on any atom is 0.184 e. The van der Waals surface area contributed by atoms with Crippen molar-refractivity contribution >= 4 is 0 Å². The molecular weight excluding hydrogens is 190 g/mol. The van der Waals surface area contributed by atoms with Crippen LogP contribution in [-0.4, -0.2) is 25.3 Å². The Bertz CT molecular complexity index is 354. The van der Waals surface area contributed by atoms with E-state index in [0.717, 1.165) is 18.7 Å². The second-order valence-corrected chi connectivity index (χ2v) is 4.25. The topological polar surface area (TPSA) is 30.5 Å². The highest BCUT2D eigenvalue weighted by Crippen LogP contribution is 2.32. The first kappa shape index (κ1) is 9.33. The first-order chi connectivity index (χ1) is 7.33. The maximum atomic E-state index is 5.84. The SMILES string of the molecule is Cc1cccc(C2OC3CNCC3O2)c1. The fourth-order valence-corrected chi connectivity index (χ4v) is 2.23. The highest BCUT2D eigenvalue weighted by atomic mass is 16.7. The fourth-order valence-electron chi connectivity index (χ4n) is 2.23. The van der Waals surface area contributed by atoms with Gasteiger partial charge >= 0.3 is 0 Å². The third-order valence-electron chi connectivity index (χ3n) is 3.02. The van der Waals surface area contributed by atoms with Crippen molar-refractivity contribution < 1.29 is 9.47 Å². The molecular formula is C12H15NO2. The van der Waals surface area contributed by atoms with Crippen molar-refractivity contribution in [3.8, 4) is 0 Å². The molecule has 3 heteroatoms. The van der Waals surface area contributed by atoms with E-state index in [-0.39, 0.29) is 18.5 Å². The van der Waals surface area contributed by atoms with Crippen molar-refractivity contribution in [2.75, 3.05) is 13.1 Å². The second-order valence-electron chi connectivity index (χ2n) is 4.25. The average Bonchev–Trinajstić information content (AvgIpc) is 2.76. The molecule has 2 saturated heterocycles. The smallest absolute Gasteiger partial charge is 0.184 e. The van der Waals surface area contributed by atoms with Crippen LogP contribution in [0.2, 0.25) is 0 Å². The van der Waals surface area contributed by atoms with Crippen LogP contribution in [0.3, 0.4) is 0 Å². The van der Waals surface area contributed by atoms with Crippen LogP contribution in [0.1, 0.15) is 17.4 Å². The Hall–Kier alpha value is -0.900. The van der Waals surface area contributed by atoms with Gasteiger partial charge in [0.15, 0.2) is 6.29 Å². The largest absolute Gasteiger partial charge is 0.341 e. The molecule has 3 nitrogen and oxygen atoms in total. The molecule has 1 N–H and O–H groups in total. The number of hydrogen-bond acceptors (Lipinski definition) is 3. The Labute approximate surface area is 89.4 Å². The summed E-state index contributed by atoms with van der Waals surface area (Å²) in [6.45, 7) is 3.90. The van der Waals surface area contributed by atoms with E-state index in [9.17, 15) is 0 Å². The van der Waals surface area contributed by atoms with E-state index in [1.165, 1.54) is 5.56 Å². The summed E-state index contributed by atoms with van der Waals surface area (Å²) in [6, 6.07) is 8.32. The molecule has 0 amide bonds. The van der Waals surface area contributed by atoms with Crippen LogP contribution < -0.4 is 5.32 Å². The molecule has 0 aromatic heterocycles. The Kier molecular flexibility index (Phi) is 2.24. The van der Waals surface area contributed by atoms with Crippen molar-refractivity contribution in [2.45, 2.75) is 25.4 Å². The molecule has 0 spiro atoms. The summed E-state index contributed by atoms with van der Waals surface area (Å²) in [5.41, 5.74) is 2.37. The Morgan fingerprint density at radius 2 is 1.93 bits per heavy atom. The number of hydrogen-bond donors (Lipinski definition) is 1. The van der Waals surface area contributed by atoms with E-state index in [1.807, 2.05) is 6.07 Å². The van der Waals surface area contributed by atoms with Gasteiger partial charge < -0.3 is 14.8 Å². The van der Waals surface area contributed by atoms with Gasteiger partial charge in [0.05, 0.1) is 0 Å². The molecule has 0 saturated carbocycles. The highest BCUT2D eigenvalue weighted by molar-refractivity contribution is 5.23. The molecule has 2 aliphatic rings. The van der Waals surface area contributed by atoms with Crippen LogP contribution in [0.4, 0.5) is 0 Å². The van der Waals surface area contributed by atoms with Crippen LogP contribution in [0.25, 0.3) is 0 Å². The zero-order valence-corrected chi connectivity index (χ0v) is 8.77. The van der Waals surface area contributed by atoms with Crippen molar-refractivity contribution in [3.05, 3.63) is 35.4 Å². The molecule has 0 bridgehead atoms. The molecule has 3 rings (SSSR count). The summed E-state index contributed by atoms with van der Waals surface area (Å²) in [6.07, 6.45) is 0.299. The molecule has 2 unspecified atom stereocenters. The molecule has 0 aliphatic carbocycles. The lowest BCUT2D eigenvalue weighted by Crippen LogP contribution is -2.18. The molecule has 0 radical (unpaired) electrons. The normalized spacial score (nSPS) is 34.3. The zero-order valence-electron chi connectivity index (χ0n) is 8.77. The second kappa shape index (κ2) is 3.59. The van der Waals surface area contributed by atoms with Crippen molar-refractivity contribution in [1.82, 2.24) is 5.32 Å². The molecule has 15 heavy (non-hydrogen) atoms. The van der Waals surface area contributed by atoms with Gasteiger partial charge in [0.1, 0.15) is 12.2 Å². The van der Waals surface area contributed by atoms with Gasteiger partial charge in [0.25, 0.3) is 0 Å². The van der Waals surface area contributed by atoms with Crippen LogP contribution in [-0.2, 0) is 9.47 Å². The summed E-state index contributed by atoms with van der Waals surface area (Å²) >= 11 is 0. The minimum absolute atomic E-state index is 0.165. The lowest BCUT2D eigenvalue weighted by Gasteiger charge is -2.12. The first-order valence-electron chi connectivity index (χ1n) is 5.41. The Balaban J connectivity index is 1.79. The van der Waals surface area contributed by atoms with E-state index in [1.54, 1.807) is 0 Å². The number of rotatable bonds is 1. The lowest BCUT2D eigenvalue weighted by molar-refractivity contribution is -0.0729. The van der Waals surface area contributed by atoms with Crippen molar-refractivity contribution in [3.63, 3.8) is 0 Å². The van der Waals surface area contributed by atoms with Crippen LogP contribution in [0.15, 0.2) is 24.3 Å². The molecule has 2 atom stereocenters. The van der Waals surface area contributed by atoms with E-state index in [4.69, 9.17) is 9.47 Å². The van der Waals surface area contributed by atoms with Gasteiger partial charge in [0.2, 0.25) is 0 Å². The van der Waals surface area contributed by atoms with Gasteiger partial charge in [-0.15, -0.1) is 0 Å². The van der Waals surface area contributed by atoms with E-state index >= 15 is 0 Å². The molecule has 80 valence electrons. The number of benzene rings is 1. The highest BCUT2D eigenvalue weighted by Gasteiger charge is 2.39. The fraction of sp³-hybridized carbons (Fsp3) is 0.500. The molecule has 2 aliphatic heterocycles. The number of fused-ring (bicyclic) bond motifs is 1. The minimum Gasteiger partial charge on any atom is -0.341 e. The number of aryl methyl sites for hydroxylation is 1. The summed E-state index contributed by atoms with van der Waals surface area (Å²) in [7, 11) is 0. The summed E-state index contributed by atoms with van der Waals surface area (Å²) in [5.74, 6) is 0. The monoisotopic (exact) mass is 205 g/mol. The van der Waals surface area contributed by atoms with Gasteiger partial charge in [-0.05, 0) is 6.92 Å². The van der Waals surface area contributed by atoms with Crippen LogP contribution >= 0.6 is 0 Å². The van der Waals surface area contributed by atoms with Gasteiger partial charge in [-0.25, -0.2) is 0 Å². The lowest BCUT2D eigenvalue weighted by atomic mass is 10.1. The predicted molar refractivity (Wildman–Crippen MR) is 56.5 cm³/mol. The summed E-state index contributed by atoms with van der Waals surface area (Å²) in [5, 5.41) is 3.26. The van der Waals surface area contributed by atoms with Crippen LogP contribution in [0.5, 0.6) is 0 Å². The van der Waals surface area contributed by atoms with Gasteiger partial charge in [-0.1, -0.05) is 29.8 Å². The molecule has 1 aromatic rings.